The fourth-order valence-electron chi connectivity index (χ4n) is 2.08. The maximum Gasteiger partial charge on any atom is 0.398 e. The van der Waals surface area contributed by atoms with E-state index in [1.165, 1.54) is 5.56 Å². The maximum absolute atomic E-state index is 11.7. The molecule has 0 fully saturated rings. The topological polar surface area (TPSA) is 97.1 Å². The van der Waals surface area contributed by atoms with Gasteiger partial charge in [0.2, 0.25) is 0 Å². The zero-order valence-corrected chi connectivity index (χ0v) is 14.4. The summed E-state index contributed by atoms with van der Waals surface area (Å²) in [6, 6.07) is 5.34. The van der Waals surface area contributed by atoms with Crippen molar-refractivity contribution in [2.45, 2.75) is 20.3 Å². The number of carbonyl (C=O) groups excluding carboxylic acids is 1. The van der Waals surface area contributed by atoms with Crippen molar-refractivity contribution in [1.29, 1.82) is 0 Å². The number of hydrogen-bond acceptors (Lipinski definition) is 5. The molecule has 1 heterocycles. The Morgan fingerprint density at radius 2 is 2.12 bits per heavy atom. The molecule has 1 aromatic carbocycles. The Morgan fingerprint density at radius 3 is 2.77 bits per heavy atom. The predicted molar refractivity (Wildman–Crippen MR) is 95.2 cm³/mol. The third-order valence-electron chi connectivity index (χ3n) is 3.28. The van der Waals surface area contributed by atoms with E-state index in [1.807, 2.05) is 32.0 Å². The number of benzene rings is 1. The molecule has 0 unspecified atom stereocenters. The van der Waals surface area contributed by atoms with Crippen molar-refractivity contribution in [2.75, 3.05) is 18.6 Å². The Bertz CT molecular complexity index is 831. The van der Waals surface area contributed by atoms with Gasteiger partial charge in [-0.15, -0.1) is 0 Å². The molecule has 0 spiro atoms. The zero-order valence-electron chi connectivity index (χ0n) is 14.4. The number of amides is 2. The van der Waals surface area contributed by atoms with Gasteiger partial charge in [0.15, 0.2) is 0 Å². The Labute approximate surface area is 151 Å². The van der Waals surface area contributed by atoms with E-state index < -0.39 is 6.03 Å². The summed E-state index contributed by atoms with van der Waals surface area (Å²) in [6.45, 7) is 18.6. The van der Waals surface area contributed by atoms with Gasteiger partial charge in [-0.25, -0.2) is 20.5 Å². The third-order valence-corrected chi connectivity index (χ3v) is 3.28. The third kappa shape index (κ3) is 5.14. The Kier molecular flexibility index (Phi) is 6.40. The van der Waals surface area contributed by atoms with Crippen LogP contribution in [0.15, 0.2) is 22.6 Å². The highest BCUT2D eigenvalue weighted by Crippen LogP contribution is 2.30. The number of urea groups is 1. The number of rotatable bonds is 7. The zero-order chi connectivity index (χ0) is 18.9. The van der Waals surface area contributed by atoms with Gasteiger partial charge in [0.1, 0.15) is 5.75 Å². The molecule has 0 aliphatic carbocycles. The van der Waals surface area contributed by atoms with Crippen LogP contribution in [0.4, 0.5) is 22.5 Å². The molecule has 0 saturated heterocycles. The van der Waals surface area contributed by atoms with Gasteiger partial charge in [0, 0.05) is 6.54 Å². The lowest BCUT2D eigenvalue weighted by Gasteiger charge is -2.10. The van der Waals surface area contributed by atoms with Crippen molar-refractivity contribution in [3.8, 4) is 5.75 Å². The molecule has 0 atom stereocenters. The standard InChI is InChI=1S/C17H18N6O3/c1-11-6-7-13(12(2)10-11)25-9-5-8-20-16(24)22-23-17-21-14(18-3)15(19-4)26-17/h6-7,10H,5,8-9H2,1-2H3,(H,21,23)(H2,20,22,24). The molecule has 26 heavy (non-hydrogen) atoms. The van der Waals surface area contributed by atoms with Crippen molar-refractivity contribution in [3.63, 3.8) is 0 Å². The first-order valence-corrected chi connectivity index (χ1v) is 7.79. The smallest absolute Gasteiger partial charge is 0.398 e. The minimum absolute atomic E-state index is 0.129. The average Bonchev–Trinajstić information content (AvgIpc) is 3.03. The second kappa shape index (κ2) is 8.94. The highest BCUT2D eigenvalue weighted by Gasteiger charge is 2.15. The van der Waals surface area contributed by atoms with Gasteiger partial charge >= 0.3 is 23.7 Å². The van der Waals surface area contributed by atoms with Crippen molar-refractivity contribution in [3.05, 3.63) is 52.2 Å². The van der Waals surface area contributed by atoms with Gasteiger partial charge in [0.05, 0.1) is 13.2 Å². The number of anilines is 1. The number of aryl methyl sites for hydroxylation is 2. The number of oxazole rings is 1. The van der Waals surface area contributed by atoms with Crippen LogP contribution < -0.4 is 20.9 Å². The van der Waals surface area contributed by atoms with Crippen molar-refractivity contribution >= 4 is 23.7 Å². The largest absolute Gasteiger partial charge is 0.493 e. The van der Waals surface area contributed by atoms with E-state index in [2.05, 4.69) is 30.8 Å². The highest BCUT2D eigenvalue weighted by molar-refractivity contribution is 5.75. The molecule has 0 aliphatic rings. The number of nitrogens with one attached hydrogen (secondary N) is 3. The first-order valence-electron chi connectivity index (χ1n) is 7.79. The number of hydrazine groups is 1. The lowest BCUT2D eigenvalue weighted by Crippen LogP contribution is -2.39. The van der Waals surface area contributed by atoms with E-state index in [0.29, 0.717) is 19.6 Å². The van der Waals surface area contributed by atoms with Crippen LogP contribution >= 0.6 is 0 Å². The van der Waals surface area contributed by atoms with Crippen LogP contribution in [-0.2, 0) is 0 Å². The molecule has 3 N–H and O–H groups in total. The van der Waals surface area contributed by atoms with Crippen LogP contribution in [0.5, 0.6) is 5.75 Å². The summed E-state index contributed by atoms with van der Waals surface area (Å²) in [5.41, 5.74) is 6.96. The molecule has 0 bridgehead atoms. The van der Waals surface area contributed by atoms with Crippen LogP contribution in [0.1, 0.15) is 17.5 Å². The molecule has 9 heteroatoms. The molecule has 2 rings (SSSR count). The normalized spacial score (nSPS) is 9.69. The fourth-order valence-corrected chi connectivity index (χ4v) is 2.08. The van der Waals surface area contributed by atoms with E-state index in [0.717, 1.165) is 11.3 Å². The summed E-state index contributed by atoms with van der Waals surface area (Å²) < 4.78 is 10.6. The number of ether oxygens (including phenoxy) is 1. The summed E-state index contributed by atoms with van der Waals surface area (Å²) in [5.74, 6) is 0.443. The van der Waals surface area contributed by atoms with Crippen molar-refractivity contribution < 1.29 is 13.9 Å². The molecule has 0 radical (unpaired) electrons. The first-order chi connectivity index (χ1) is 12.5. The number of hydrogen-bond donors (Lipinski definition) is 3. The quantitative estimate of drug-likeness (QED) is 0.402. The maximum atomic E-state index is 11.7. The fraction of sp³-hybridized carbons (Fsp3) is 0.294. The lowest BCUT2D eigenvalue weighted by atomic mass is 10.1. The molecular weight excluding hydrogens is 336 g/mol. The van der Waals surface area contributed by atoms with E-state index in [-0.39, 0.29) is 17.7 Å². The van der Waals surface area contributed by atoms with Crippen LogP contribution in [0.3, 0.4) is 0 Å². The van der Waals surface area contributed by atoms with E-state index in [9.17, 15) is 4.79 Å². The van der Waals surface area contributed by atoms with Crippen LogP contribution in [0.25, 0.3) is 9.69 Å². The van der Waals surface area contributed by atoms with E-state index >= 15 is 0 Å². The number of carbonyl (C=O) groups is 1. The van der Waals surface area contributed by atoms with Crippen molar-refractivity contribution in [2.24, 2.45) is 0 Å². The minimum Gasteiger partial charge on any atom is -0.493 e. The second-order valence-electron chi connectivity index (χ2n) is 5.35. The Hall–Kier alpha value is -3.72. The van der Waals surface area contributed by atoms with Crippen LogP contribution in [0.2, 0.25) is 0 Å². The SMILES string of the molecule is [C-]#[N+]c1nc(NNC(=O)NCCCOc2ccc(C)cc2C)oc1[N+]#[C-]. The Balaban J connectivity index is 1.65. The summed E-state index contributed by atoms with van der Waals surface area (Å²) in [5, 5.41) is 2.63. The highest BCUT2D eigenvalue weighted by atomic mass is 16.5. The van der Waals surface area contributed by atoms with Crippen LogP contribution in [0, 0.1) is 27.0 Å². The van der Waals surface area contributed by atoms with Gasteiger partial charge in [-0.1, -0.05) is 29.3 Å². The van der Waals surface area contributed by atoms with E-state index in [4.69, 9.17) is 22.3 Å². The van der Waals surface area contributed by atoms with Gasteiger partial charge in [-0.05, 0) is 31.9 Å². The van der Waals surface area contributed by atoms with Gasteiger partial charge in [-0.3, -0.25) is 0 Å². The molecule has 9 nitrogen and oxygen atoms in total. The molecule has 2 aromatic rings. The molecule has 1 aromatic heterocycles. The number of aromatic nitrogens is 1. The first kappa shape index (κ1) is 18.6. The lowest BCUT2D eigenvalue weighted by molar-refractivity contribution is 0.240. The molecular formula is C17H18N6O3. The summed E-state index contributed by atoms with van der Waals surface area (Å²) in [7, 11) is 0. The Morgan fingerprint density at radius 1 is 1.31 bits per heavy atom. The molecule has 0 aliphatic heterocycles. The summed E-state index contributed by atoms with van der Waals surface area (Å²) >= 11 is 0. The number of nitrogens with zero attached hydrogens (tertiary/aromatic N) is 3. The van der Waals surface area contributed by atoms with Gasteiger partial charge in [-0.2, -0.15) is 0 Å². The van der Waals surface area contributed by atoms with E-state index in [1.54, 1.807) is 0 Å². The molecule has 2 amide bonds. The van der Waals surface area contributed by atoms with Crippen LogP contribution in [-0.4, -0.2) is 24.2 Å². The monoisotopic (exact) mass is 354 g/mol. The predicted octanol–water partition coefficient (Wildman–Crippen LogP) is 3.49. The molecule has 134 valence electrons. The minimum atomic E-state index is -0.497. The van der Waals surface area contributed by atoms with Crippen molar-refractivity contribution in [1.82, 2.24) is 15.7 Å². The second-order valence-corrected chi connectivity index (χ2v) is 5.35. The van der Waals surface area contributed by atoms with Gasteiger partial charge < -0.3 is 19.3 Å². The van der Waals surface area contributed by atoms with Gasteiger partial charge in [0.25, 0.3) is 0 Å². The molecule has 0 saturated carbocycles. The summed E-state index contributed by atoms with van der Waals surface area (Å²) in [4.78, 5) is 21.4. The average molecular weight is 354 g/mol. The summed E-state index contributed by atoms with van der Waals surface area (Å²) in [6.07, 6.45) is 0.628.